The van der Waals surface area contributed by atoms with E-state index in [1.54, 1.807) is 42.5 Å². The van der Waals surface area contributed by atoms with Gasteiger partial charge in [0.1, 0.15) is 0 Å². The Morgan fingerprint density at radius 2 is 1.62 bits per heavy atom. The van der Waals surface area contributed by atoms with E-state index in [1.807, 2.05) is 43.3 Å². The van der Waals surface area contributed by atoms with E-state index in [4.69, 9.17) is 0 Å². The number of hydrogen-bond acceptors (Lipinski definition) is 5. The number of hydrogen-bond donors (Lipinski definition) is 3. The van der Waals surface area contributed by atoms with E-state index in [-0.39, 0.29) is 10.5 Å². The minimum absolute atomic E-state index is 0.171. The zero-order chi connectivity index (χ0) is 22.6. The van der Waals surface area contributed by atoms with Crippen molar-refractivity contribution >= 4 is 21.4 Å². The lowest BCUT2D eigenvalue weighted by Gasteiger charge is -2.16. The van der Waals surface area contributed by atoms with Crippen LogP contribution in [0.25, 0.3) is 11.3 Å². The normalized spacial score (nSPS) is 11.2. The Kier molecular flexibility index (Phi) is 6.04. The van der Waals surface area contributed by atoms with Gasteiger partial charge in [0.25, 0.3) is 15.6 Å². The monoisotopic (exact) mass is 446 g/mol. The maximum atomic E-state index is 13.0. The van der Waals surface area contributed by atoms with E-state index < -0.39 is 10.0 Å². The van der Waals surface area contributed by atoms with Gasteiger partial charge in [-0.1, -0.05) is 54.1 Å². The molecule has 32 heavy (non-hydrogen) atoms. The van der Waals surface area contributed by atoms with Gasteiger partial charge in [0.2, 0.25) is 0 Å². The molecule has 0 fully saturated rings. The maximum absolute atomic E-state index is 13.0. The molecule has 0 saturated carbocycles. The fraction of sp³-hybridized carbons (Fsp3) is 0.0833. The van der Waals surface area contributed by atoms with Crippen molar-refractivity contribution < 1.29 is 8.42 Å². The fourth-order valence-corrected chi connectivity index (χ4v) is 4.23. The number of sulfonamides is 1. The number of nitrogens with zero attached hydrogens (tertiary/aromatic N) is 1. The molecule has 0 aliphatic carbocycles. The van der Waals surface area contributed by atoms with Crippen LogP contribution in [0.4, 0.5) is 11.4 Å². The van der Waals surface area contributed by atoms with E-state index >= 15 is 0 Å². The number of benzene rings is 3. The van der Waals surface area contributed by atoms with Crippen LogP contribution in [0.2, 0.25) is 0 Å². The Bertz CT molecular complexity index is 1360. The van der Waals surface area contributed by atoms with Crippen molar-refractivity contribution in [2.45, 2.75) is 18.4 Å². The van der Waals surface area contributed by atoms with Crippen molar-refractivity contribution in [3.05, 3.63) is 106 Å². The van der Waals surface area contributed by atoms with Gasteiger partial charge in [0.05, 0.1) is 22.0 Å². The Labute approximate surface area is 186 Å². The van der Waals surface area contributed by atoms with Gasteiger partial charge in [-0.15, -0.1) is 0 Å². The largest absolute Gasteiger partial charge is 0.379 e. The summed E-state index contributed by atoms with van der Waals surface area (Å²) < 4.78 is 28.8. The number of nitrogens with one attached hydrogen (secondary N) is 3. The first kappa shape index (κ1) is 21.3. The average Bonchev–Trinajstić information content (AvgIpc) is 2.79. The number of aromatic amines is 1. The van der Waals surface area contributed by atoms with Gasteiger partial charge < -0.3 is 5.32 Å². The molecule has 0 spiro atoms. The van der Waals surface area contributed by atoms with Gasteiger partial charge in [-0.2, -0.15) is 5.10 Å². The standard InChI is InChI=1S/C24H22N4O3S/c1-17-7-10-20(11-8-17)32(30,31)28-23-15-19(21-13-14-24(29)27-26-21)9-12-22(23)25-16-18-5-3-2-4-6-18/h2-15,25,28H,16H2,1H3,(H,27,29). The number of aromatic nitrogens is 2. The second-order valence-electron chi connectivity index (χ2n) is 7.32. The van der Waals surface area contributed by atoms with Gasteiger partial charge >= 0.3 is 0 Å². The first-order valence-electron chi connectivity index (χ1n) is 9.98. The van der Waals surface area contributed by atoms with E-state index in [1.165, 1.54) is 6.07 Å². The molecule has 1 heterocycles. The van der Waals surface area contributed by atoms with Crippen LogP contribution in [0.5, 0.6) is 0 Å². The number of H-pyrrole nitrogens is 1. The topological polar surface area (TPSA) is 104 Å². The molecule has 4 rings (SSSR count). The summed E-state index contributed by atoms with van der Waals surface area (Å²) in [6.07, 6.45) is 0. The summed E-state index contributed by atoms with van der Waals surface area (Å²) in [4.78, 5) is 11.5. The molecule has 0 aliphatic rings. The highest BCUT2D eigenvalue weighted by atomic mass is 32.2. The zero-order valence-electron chi connectivity index (χ0n) is 17.4. The first-order valence-corrected chi connectivity index (χ1v) is 11.5. The number of aryl methyl sites for hydroxylation is 1. The van der Waals surface area contributed by atoms with Gasteiger partial charge in [-0.05, 0) is 42.8 Å². The molecule has 4 aromatic rings. The maximum Gasteiger partial charge on any atom is 0.264 e. The smallest absolute Gasteiger partial charge is 0.264 e. The molecule has 0 bridgehead atoms. The molecule has 0 amide bonds. The van der Waals surface area contributed by atoms with Crippen molar-refractivity contribution in [3.63, 3.8) is 0 Å². The highest BCUT2D eigenvalue weighted by Crippen LogP contribution is 2.30. The fourth-order valence-electron chi connectivity index (χ4n) is 3.16. The van der Waals surface area contributed by atoms with Crippen LogP contribution in [0.3, 0.4) is 0 Å². The van der Waals surface area contributed by atoms with Gasteiger partial charge in [-0.3, -0.25) is 9.52 Å². The predicted molar refractivity (Wildman–Crippen MR) is 126 cm³/mol. The molecule has 0 unspecified atom stereocenters. The summed E-state index contributed by atoms with van der Waals surface area (Å²) in [5, 5.41) is 9.74. The average molecular weight is 447 g/mol. The Morgan fingerprint density at radius 3 is 2.31 bits per heavy atom. The summed E-state index contributed by atoms with van der Waals surface area (Å²) >= 11 is 0. The molecule has 0 radical (unpaired) electrons. The van der Waals surface area contributed by atoms with Crippen molar-refractivity contribution in [3.8, 4) is 11.3 Å². The second-order valence-corrected chi connectivity index (χ2v) is 9.01. The van der Waals surface area contributed by atoms with Crippen LogP contribution in [0, 0.1) is 6.92 Å². The molecule has 162 valence electrons. The lowest BCUT2D eigenvalue weighted by Crippen LogP contribution is -2.15. The van der Waals surface area contributed by atoms with Crippen LogP contribution in [0.1, 0.15) is 11.1 Å². The summed E-state index contributed by atoms with van der Waals surface area (Å²) in [7, 11) is -3.81. The van der Waals surface area contributed by atoms with Crippen LogP contribution in [-0.4, -0.2) is 18.6 Å². The Balaban J connectivity index is 1.69. The van der Waals surface area contributed by atoms with Crippen LogP contribution in [0.15, 0.2) is 94.6 Å². The van der Waals surface area contributed by atoms with Crippen molar-refractivity contribution in [2.24, 2.45) is 0 Å². The highest BCUT2D eigenvalue weighted by molar-refractivity contribution is 7.92. The summed E-state index contributed by atoms with van der Waals surface area (Å²) in [5.74, 6) is 0. The lowest BCUT2D eigenvalue weighted by atomic mass is 10.1. The van der Waals surface area contributed by atoms with Crippen molar-refractivity contribution in [2.75, 3.05) is 10.0 Å². The summed E-state index contributed by atoms with van der Waals surface area (Å²) in [5.41, 5.74) is 3.91. The van der Waals surface area contributed by atoms with Gasteiger partial charge in [-0.25, -0.2) is 13.5 Å². The van der Waals surface area contributed by atoms with Gasteiger partial charge in [0, 0.05) is 18.2 Å². The zero-order valence-corrected chi connectivity index (χ0v) is 18.2. The Hall–Kier alpha value is -3.91. The minimum Gasteiger partial charge on any atom is -0.379 e. The van der Waals surface area contributed by atoms with Crippen LogP contribution >= 0.6 is 0 Å². The lowest BCUT2D eigenvalue weighted by molar-refractivity contribution is 0.601. The van der Waals surface area contributed by atoms with Crippen LogP contribution < -0.4 is 15.6 Å². The van der Waals surface area contributed by atoms with E-state index in [9.17, 15) is 13.2 Å². The molecular formula is C24H22N4O3S. The minimum atomic E-state index is -3.81. The quantitative estimate of drug-likeness (QED) is 0.395. The van der Waals surface area contributed by atoms with Gasteiger partial charge in [0.15, 0.2) is 0 Å². The molecular weight excluding hydrogens is 424 g/mol. The van der Waals surface area contributed by atoms with Crippen molar-refractivity contribution in [1.29, 1.82) is 0 Å². The summed E-state index contributed by atoms with van der Waals surface area (Å²) in [6, 6.07) is 24.7. The van der Waals surface area contributed by atoms with E-state index in [0.29, 0.717) is 29.2 Å². The Morgan fingerprint density at radius 1 is 0.875 bits per heavy atom. The first-order chi connectivity index (χ1) is 15.4. The molecule has 0 aliphatic heterocycles. The van der Waals surface area contributed by atoms with E-state index in [0.717, 1.165) is 11.1 Å². The molecule has 7 nitrogen and oxygen atoms in total. The van der Waals surface area contributed by atoms with Crippen LogP contribution in [-0.2, 0) is 16.6 Å². The third-order valence-corrected chi connectivity index (χ3v) is 6.28. The third kappa shape index (κ3) is 5.04. The number of anilines is 2. The third-order valence-electron chi connectivity index (χ3n) is 4.90. The predicted octanol–water partition coefficient (Wildman–Crippen LogP) is 4.16. The molecule has 1 aromatic heterocycles. The highest BCUT2D eigenvalue weighted by Gasteiger charge is 2.17. The molecule has 0 atom stereocenters. The molecule has 0 saturated heterocycles. The number of rotatable bonds is 7. The molecule has 3 aromatic carbocycles. The molecule has 3 N–H and O–H groups in total. The SMILES string of the molecule is Cc1ccc(S(=O)(=O)Nc2cc(-c3ccc(=O)[nH]n3)ccc2NCc2ccccc2)cc1. The second kappa shape index (κ2) is 9.07. The van der Waals surface area contributed by atoms with Crippen molar-refractivity contribution in [1.82, 2.24) is 10.2 Å². The van der Waals surface area contributed by atoms with E-state index in [2.05, 4.69) is 20.2 Å². The summed E-state index contributed by atoms with van der Waals surface area (Å²) in [6.45, 7) is 2.42. The molecule has 8 heteroatoms.